The van der Waals surface area contributed by atoms with E-state index in [0.717, 1.165) is 37.7 Å². The Morgan fingerprint density at radius 2 is 1.87 bits per heavy atom. The summed E-state index contributed by atoms with van der Waals surface area (Å²) in [5, 5.41) is 11.9. The van der Waals surface area contributed by atoms with Gasteiger partial charge in [-0.3, -0.25) is 0 Å². The summed E-state index contributed by atoms with van der Waals surface area (Å²) in [5.41, 5.74) is -0.0903. The number of aliphatic hydroxyl groups excluding tert-OH is 1. The van der Waals surface area contributed by atoms with Crippen molar-refractivity contribution < 1.29 is 19.0 Å². The van der Waals surface area contributed by atoms with Gasteiger partial charge in [0.15, 0.2) is 14.1 Å². The highest BCUT2D eigenvalue weighted by Crippen LogP contribution is 2.68. The third-order valence-electron chi connectivity index (χ3n) is 9.20. The van der Waals surface area contributed by atoms with Gasteiger partial charge < -0.3 is 19.0 Å². The van der Waals surface area contributed by atoms with E-state index < -0.39 is 25.8 Å². The minimum atomic E-state index is -2.02. The van der Waals surface area contributed by atoms with E-state index in [2.05, 4.69) is 47.4 Å². The first-order valence-electron chi connectivity index (χ1n) is 12.1. The minimum absolute atomic E-state index is 0.0831. The molecule has 172 valence electrons. The molecular formula is C25H44O4Si. The molecule has 1 saturated heterocycles. The van der Waals surface area contributed by atoms with Crippen molar-refractivity contribution >= 4 is 8.32 Å². The van der Waals surface area contributed by atoms with Gasteiger partial charge in [0.05, 0.1) is 12.2 Å². The fraction of sp³-hybridized carbons (Fsp3) is 0.920. The number of aliphatic hydroxyl groups is 1. The number of hydrogen-bond donors (Lipinski definition) is 1. The summed E-state index contributed by atoms with van der Waals surface area (Å²) in [6, 6.07) is 0. The van der Waals surface area contributed by atoms with Gasteiger partial charge in [-0.25, -0.2) is 0 Å². The van der Waals surface area contributed by atoms with Crippen molar-refractivity contribution in [1.82, 2.24) is 0 Å². The predicted octanol–water partition coefficient (Wildman–Crippen LogP) is 5.80. The third-order valence-corrected chi connectivity index (χ3v) is 13.7. The van der Waals surface area contributed by atoms with Crippen molar-refractivity contribution in [3.05, 3.63) is 12.2 Å². The molecule has 1 N–H and O–H groups in total. The average Bonchev–Trinajstić information content (AvgIpc) is 2.92. The van der Waals surface area contributed by atoms with E-state index in [1.54, 1.807) is 0 Å². The summed E-state index contributed by atoms with van der Waals surface area (Å²) in [4.78, 5) is 0. The zero-order chi connectivity index (χ0) is 22.3. The smallest absolute Gasteiger partial charge is 0.192 e. The molecule has 30 heavy (non-hydrogen) atoms. The number of rotatable bonds is 2. The lowest BCUT2D eigenvalue weighted by atomic mass is 9.64. The Balaban J connectivity index is 1.91. The monoisotopic (exact) mass is 436 g/mol. The van der Waals surface area contributed by atoms with Crippen LogP contribution in [0.4, 0.5) is 0 Å². The highest BCUT2D eigenvalue weighted by molar-refractivity contribution is 6.74. The minimum Gasteiger partial charge on any atom is -0.413 e. The summed E-state index contributed by atoms with van der Waals surface area (Å²) < 4.78 is 20.7. The molecule has 7 atom stereocenters. The van der Waals surface area contributed by atoms with Gasteiger partial charge in [0.1, 0.15) is 11.7 Å². The van der Waals surface area contributed by atoms with Crippen LogP contribution in [0.5, 0.6) is 0 Å². The zero-order valence-electron chi connectivity index (χ0n) is 20.5. The Morgan fingerprint density at radius 3 is 2.50 bits per heavy atom. The van der Waals surface area contributed by atoms with Gasteiger partial charge in [-0.05, 0) is 75.1 Å². The molecular weight excluding hydrogens is 392 g/mol. The molecule has 0 aromatic rings. The second kappa shape index (κ2) is 6.90. The summed E-state index contributed by atoms with van der Waals surface area (Å²) >= 11 is 0. The van der Waals surface area contributed by atoms with Gasteiger partial charge in [-0.2, -0.15) is 0 Å². The third kappa shape index (κ3) is 3.06. The highest BCUT2D eigenvalue weighted by Gasteiger charge is 2.77. The molecule has 2 bridgehead atoms. The molecule has 4 fully saturated rings. The molecule has 1 aliphatic heterocycles. The van der Waals surface area contributed by atoms with E-state index in [4.69, 9.17) is 13.9 Å². The summed E-state index contributed by atoms with van der Waals surface area (Å²) in [7, 11) is -2.02. The molecule has 1 heterocycles. The summed E-state index contributed by atoms with van der Waals surface area (Å²) in [5.74, 6) is -0.000588. The van der Waals surface area contributed by atoms with Crippen molar-refractivity contribution in [3.8, 4) is 0 Å². The summed E-state index contributed by atoms with van der Waals surface area (Å²) in [6.45, 7) is 22.3. The van der Waals surface area contributed by atoms with Crippen LogP contribution in [-0.2, 0) is 13.9 Å². The van der Waals surface area contributed by atoms with Gasteiger partial charge in [0, 0.05) is 5.41 Å². The molecule has 0 aromatic carbocycles. The molecule has 3 saturated carbocycles. The van der Waals surface area contributed by atoms with E-state index in [0.29, 0.717) is 11.8 Å². The first-order chi connectivity index (χ1) is 13.7. The predicted molar refractivity (Wildman–Crippen MR) is 123 cm³/mol. The van der Waals surface area contributed by atoms with Crippen LogP contribution in [0, 0.1) is 17.3 Å². The fourth-order valence-corrected chi connectivity index (χ4v) is 8.43. The lowest BCUT2D eigenvalue weighted by molar-refractivity contribution is -0.234. The Hall–Kier alpha value is -0.203. The molecule has 5 heteroatoms. The molecule has 4 rings (SSSR count). The van der Waals surface area contributed by atoms with Crippen LogP contribution >= 0.6 is 0 Å². The molecule has 0 aromatic heterocycles. The Morgan fingerprint density at radius 1 is 1.20 bits per heavy atom. The average molecular weight is 437 g/mol. The number of fused-ring (bicyclic) bond motifs is 1. The van der Waals surface area contributed by atoms with Crippen molar-refractivity contribution in [1.29, 1.82) is 0 Å². The van der Waals surface area contributed by atoms with Gasteiger partial charge in [0.2, 0.25) is 0 Å². The van der Waals surface area contributed by atoms with Crippen molar-refractivity contribution in [2.45, 2.75) is 128 Å². The molecule has 2 spiro atoms. The lowest BCUT2D eigenvalue weighted by Gasteiger charge is -2.53. The number of ether oxygens (including phenoxy) is 2. The van der Waals surface area contributed by atoms with Gasteiger partial charge in [-0.1, -0.05) is 47.1 Å². The maximum absolute atomic E-state index is 11.8. The molecule has 0 unspecified atom stereocenters. The highest BCUT2D eigenvalue weighted by atomic mass is 28.4. The maximum atomic E-state index is 11.8. The number of hydrogen-bond acceptors (Lipinski definition) is 4. The van der Waals surface area contributed by atoms with Crippen LogP contribution in [0.25, 0.3) is 0 Å². The Kier molecular flexibility index (Phi) is 5.28. The first kappa shape index (κ1) is 23.0. The molecule has 4 aliphatic rings. The fourth-order valence-electron chi connectivity index (χ4n) is 7.02. The lowest BCUT2D eigenvalue weighted by Crippen LogP contribution is -2.64. The molecule has 0 amide bonds. The van der Waals surface area contributed by atoms with Crippen molar-refractivity contribution in [2.75, 3.05) is 0 Å². The van der Waals surface area contributed by atoms with E-state index >= 15 is 0 Å². The van der Waals surface area contributed by atoms with E-state index in [9.17, 15) is 5.11 Å². The van der Waals surface area contributed by atoms with Gasteiger partial charge in [-0.15, -0.1) is 0 Å². The SMILES string of the molecule is C=C1C[C@H]2CCCC[C@@]3(C[C@@H](C)[C@@H]4OC(C)(C)O[C@@]43[C@@H]1O)[C@H]2O[Si](C)(C)C(C)(C)C. The van der Waals surface area contributed by atoms with E-state index in [1.807, 2.05) is 13.8 Å². The van der Waals surface area contributed by atoms with Crippen molar-refractivity contribution in [3.63, 3.8) is 0 Å². The van der Waals surface area contributed by atoms with Crippen LogP contribution in [0.15, 0.2) is 12.2 Å². The second-order valence-corrected chi connectivity index (χ2v) is 17.5. The molecule has 3 aliphatic carbocycles. The first-order valence-corrected chi connectivity index (χ1v) is 15.0. The maximum Gasteiger partial charge on any atom is 0.192 e. The van der Waals surface area contributed by atoms with Crippen LogP contribution < -0.4 is 0 Å². The van der Waals surface area contributed by atoms with E-state index in [-0.39, 0.29) is 22.7 Å². The Bertz CT molecular complexity index is 710. The van der Waals surface area contributed by atoms with Crippen LogP contribution in [0.2, 0.25) is 18.1 Å². The largest absolute Gasteiger partial charge is 0.413 e. The normalized spacial score (nSPS) is 46.2. The van der Waals surface area contributed by atoms with Gasteiger partial charge >= 0.3 is 0 Å². The summed E-state index contributed by atoms with van der Waals surface area (Å²) in [6.07, 6.45) is 5.64. The van der Waals surface area contributed by atoms with Crippen molar-refractivity contribution in [2.24, 2.45) is 17.3 Å². The molecule has 4 nitrogen and oxygen atoms in total. The van der Waals surface area contributed by atoms with Crippen LogP contribution in [0.1, 0.15) is 80.1 Å². The second-order valence-electron chi connectivity index (χ2n) is 12.7. The zero-order valence-corrected chi connectivity index (χ0v) is 21.5. The van der Waals surface area contributed by atoms with Gasteiger partial charge in [0.25, 0.3) is 0 Å². The Labute approximate surface area is 184 Å². The van der Waals surface area contributed by atoms with Crippen LogP contribution in [-0.4, -0.2) is 43.1 Å². The topological polar surface area (TPSA) is 47.9 Å². The van der Waals surface area contributed by atoms with Crippen LogP contribution in [0.3, 0.4) is 0 Å². The van der Waals surface area contributed by atoms with E-state index in [1.165, 1.54) is 6.42 Å². The standard InChI is InChI=1S/C25H44O4Si/c1-16-14-18-12-10-11-13-24(21(18)28-30(8,9)22(3,4)5)15-17(2)20-25(24,19(16)26)29-23(6,7)27-20/h17-21,26H,1,10-15H2,2-9H3/t17-,18-,19-,20+,21+,24-,25+/m1/s1. The quantitative estimate of drug-likeness (QED) is 0.439. The molecule has 0 radical (unpaired) electrons.